The minimum atomic E-state index is 0.887. The Balaban J connectivity index is 0.000000336. The van der Waals surface area contributed by atoms with E-state index in [1.54, 1.807) is 6.20 Å². The normalized spacial score (nSPS) is 8.83. The van der Waals surface area contributed by atoms with Gasteiger partial charge >= 0.3 is 0 Å². The summed E-state index contributed by atoms with van der Waals surface area (Å²) in [4.78, 5) is 0. The van der Waals surface area contributed by atoms with Gasteiger partial charge in [-0.2, -0.15) is 0 Å². The first-order chi connectivity index (χ1) is 5.97. The molecule has 0 aliphatic heterocycles. The van der Waals surface area contributed by atoms with Gasteiger partial charge in [-0.1, -0.05) is 32.0 Å². The predicted octanol–water partition coefficient (Wildman–Crippen LogP) is 2.05. The molecule has 0 fully saturated rings. The van der Waals surface area contributed by atoms with Crippen molar-refractivity contribution in [3.05, 3.63) is 30.5 Å². The third kappa shape index (κ3) is 1.75. The number of fused-ring (bicyclic) bond motifs is 1. The second kappa shape index (κ2) is 4.38. The number of aromatic nitrogens is 3. The molecule has 0 saturated heterocycles. The van der Waals surface area contributed by atoms with E-state index < -0.39 is 0 Å². The van der Waals surface area contributed by atoms with E-state index in [1.165, 1.54) is 0 Å². The largest absolute Gasteiger partial charge is 0.138 e. The van der Waals surface area contributed by atoms with Gasteiger partial charge in [-0.15, -0.1) is 10.2 Å². The molecule has 0 unspecified atom stereocenters. The average molecular weight is 161 g/mol. The third-order valence-electron chi connectivity index (χ3n) is 1.34. The quantitative estimate of drug-likeness (QED) is 0.593. The minimum Gasteiger partial charge on any atom is -0.138 e. The van der Waals surface area contributed by atoms with Crippen LogP contribution in [0.15, 0.2) is 30.5 Å². The molecule has 1 heterocycles. The first kappa shape index (κ1) is 8.59. The molecule has 0 bridgehead atoms. The van der Waals surface area contributed by atoms with Crippen LogP contribution >= 0.6 is 0 Å². The molecule has 0 spiro atoms. The van der Waals surface area contributed by atoms with E-state index in [1.807, 2.05) is 38.1 Å². The van der Waals surface area contributed by atoms with E-state index in [0.717, 1.165) is 10.9 Å². The number of nitrogens with zero attached hydrogens (tertiary/aromatic N) is 3. The molecule has 0 aliphatic carbocycles. The summed E-state index contributed by atoms with van der Waals surface area (Å²) < 4.78 is 0. The Morgan fingerprint density at radius 3 is 2.58 bits per heavy atom. The number of hydrogen-bond acceptors (Lipinski definition) is 3. The van der Waals surface area contributed by atoms with Crippen LogP contribution in [-0.2, 0) is 0 Å². The lowest BCUT2D eigenvalue weighted by atomic mass is 10.2. The second-order valence-corrected chi connectivity index (χ2v) is 1.99. The van der Waals surface area contributed by atoms with E-state index in [0.29, 0.717) is 0 Å². The molecule has 0 N–H and O–H groups in total. The molecule has 0 amide bonds. The van der Waals surface area contributed by atoms with Gasteiger partial charge in [-0.25, -0.2) is 0 Å². The maximum atomic E-state index is 3.82. The Hall–Kier alpha value is -1.51. The van der Waals surface area contributed by atoms with Gasteiger partial charge in [0.1, 0.15) is 0 Å². The fraction of sp³-hybridized carbons (Fsp3) is 0.222. The number of rotatable bonds is 0. The Labute approximate surface area is 71.4 Å². The summed E-state index contributed by atoms with van der Waals surface area (Å²) in [6, 6.07) is 7.74. The van der Waals surface area contributed by atoms with Crippen LogP contribution in [0.2, 0.25) is 0 Å². The van der Waals surface area contributed by atoms with Crippen molar-refractivity contribution in [3.8, 4) is 0 Å². The summed E-state index contributed by atoms with van der Waals surface area (Å²) in [6.45, 7) is 4.00. The van der Waals surface area contributed by atoms with Gasteiger partial charge in [0.2, 0.25) is 0 Å². The van der Waals surface area contributed by atoms with Gasteiger partial charge in [-0.3, -0.25) is 0 Å². The SMILES string of the molecule is CC.c1ccc2nnncc2c1. The summed E-state index contributed by atoms with van der Waals surface area (Å²) >= 11 is 0. The van der Waals surface area contributed by atoms with Gasteiger partial charge in [-0.05, 0) is 11.3 Å². The van der Waals surface area contributed by atoms with E-state index >= 15 is 0 Å². The summed E-state index contributed by atoms with van der Waals surface area (Å²) in [6.07, 6.45) is 1.70. The highest BCUT2D eigenvalue weighted by atomic mass is 15.3. The highest BCUT2D eigenvalue weighted by Gasteiger charge is 1.88. The van der Waals surface area contributed by atoms with Crippen molar-refractivity contribution < 1.29 is 0 Å². The Kier molecular flexibility index (Phi) is 3.14. The fourth-order valence-corrected chi connectivity index (χ4v) is 0.850. The van der Waals surface area contributed by atoms with Crippen LogP contribution in [-0.4, -0.2) is 15.4 Å². The van der Waals surface area contributed by atoms with Gasteiger partial charge < -0.3 is 0 Å². The van der Waals surface area contributed by atoms with Crippen LogP contribution in [0.4, 0.5) is 0 Å². The molecular weight excluding hydrogens is 150 g/mol. The van der Waals surface area contributed by atoms with E-state index in [2.05, 4.69) is 15.4 Å². The first-order valence-corrected chi connectivity index (χ1v) is 4.00. The summed E-state index contributed by atoms with van der Waals surface area (Å²) in [5.74, 6) is 0. The topological polar surface area (TPSA) is 38.7 Å². The van der Waals surface area contributed by atoms with Crippen LogP contribution in [0.25, 0.3) is 10.9 Å². The molecule has 0 aliphatic rings. The zero-order valence-electron chi connectivity index (χ0n) is 7.23. The lowest BCUT2D eigenvalue weighted by Crippen LogP contribution is -1.85. The van der Waals surface area contributed by atoms with E-state index in [4.69, 9.17) is 0 Å². The molecule has 2 aromatic rings. The van der Waals surface area contributed by atoms with Crippen molar-refractivity contribution in [3.63, 3.8) is 0 Å². The molecule has 1 aromatic heterocycles. The van der Waals surface area contributed by atoms with Crippen LogP contribution < -0.4 is 0 Å². The first-order valence-electron chi connectivity index (χ1n) is 4.00. The Morgan fingerprint density at radius 2 is 1.83 bits per heavy atom. The van der Waals surface area contributed by atoms with Crippen LogP contribution in [0.1, 0.15) is 13.8 Å². The molecule has 0 atom stereocenters. The Bertz CT molecular complexity index is 281. The van der Waals surface area contributed by atoms with Gasteiger partial charge in [0.05, 0.1) is 11.7 Å². The molecule has 12 heavy (non-hydrogen) atoms. The van der Waals surface area contributed by atoms with Crippen LogP contribution in [0, 0.1) is 0 Å². The standard InChI is InChI=1S/C7H5N3.C2H6/c1-2-4-7-6(3-1)5-8-10-9-7;1-2/h1-5H;1-2H3. The van der Waals surface area contributed by atoms with Crippen LogP contribution in [0.5, 0.6) is 0 Å². The summed E-state index contributed by atoms with van der Waals surface area (Å²) in [7, 11) is 0. The van der Waals surface area contributed by atoms with Crippen LogP contribution in [0.3, 0.4) is 0 Å². The van der Waals surface area contributed by atoms with E-state index in [-0.39, 0.29) is 0 Å². The predicted molar refractivity (Wildman–Crippen MR) is 48.7 cm³/mol. The lowest BCUT2D eigenvalue weighted by Gasteiger charge is -1.89. The summed E-state index contributed by atoms with van der Waals surface area (Å²) in [5.41, 5.74) is 0.887. The van der Waals surface area contributed by atoms with Crippen molar-refractivity contribution >= 4 is 10.9 Å². The van der Waals surface area contributed by atoms with Crippen molar-refractivity contribution in [2.75, 3.05) is 0 Å². The fourth-order valence-electron chi connectivity index (χ4n) is 0.850. The van der Waals surface area contributed by atoms with E-state index in [9.17, 15) is 0 Å². The molecule has 3 heteroatoms. The van der Waals surface area contributed by atoms with Gasteiger partial charge in [0.15, 0.2) is 0 Å². The minimum absolute atomic E-state index is 0.887. The molecule has 0 saturated carbocycles. The molecular formula is C9H11N3. The van der Waals surface area contributed by atoms with Gasteiger partial charge in [0, 0.05) is 5.39 Å². The average Bonchev–Trinajstić information content (AvgIpc) is 2.21. The van der Waals surface area contributed by atoms with Gasteiger partial charge in [0.25, 0.3) is 0 Å². The monoisotopic (exact) mass is 161 g/mol. The number of benzene rings is 1. The third-order valence-corrected chi connectivity index (χ3v) is 1.34. The van der Waals surface area contributed by atoms with Crippen molar-refractivity contribution in [2.45, 2.75) is 13.8 Å². The summed E-state index contributed by atoms with van der Waals surface area (Å²) in [5, 5.41) is 12.0. The highest BCUT2D eigenvalue weighted by molar-refractivity contribution is 5.76. The van der Waals surface area contributed by atoms with Crippen molar-refractivity contribution in [1.29, 1.82) is 0 Å². The molecule has 2 rings (SSSR count). The Morgan fingerprint density at radius 1 is 1.08 bits per heavy atom. The van der Waals surface area contributed by atoms with Crippen molar-refractivity contribution in [2.24, 2.45) is 0 Å². The lowest BCUT2D eigenvalue weighted by molar-refractivity contribution is 0.895. The maximum Gasteiger partial charge on any atom is 0.0963 e. The molecule has 1 aromatic carbocycles. The smallest absolute Gasteiger partial charge is 0.0963 e. The number of hydrogen-bond donors (Lipinski definition) is 0. The van der Waals surface area contributed by atoms with Crippen molar-refractivity contribution in [1.82, 2.24) is 15.4 Å². The molecule has 62 valence electrons. The zero-order chi connectivity index (χ0) is 8.81. The molecule has 3 nitrogen and oxygen atoms in total. The molecule has 0 radical (unpaired) electrons. The maximum absolute atomic E-state index is 3.82. The highest BCUT2D eigenvalue weighted by Crippen LogP contribution is 2.05. The zero-order valence-corrected chi connectivity index (χ0v) is 7.23. The second-order valence-electron chi connectivity index (χ2n) is 1.99.